The number of anilines is 1. The second-order valence-corrected chi connectivity index (χ2v) is 8.79. The molecule has 1 saturated carbocycles. The second kappa shape index (κ2) is 7.03. The van der Waals surface area contributed by atoms with Crippen molar-refractivity contribution in [3.05, 3.63) is 58.7 Å². The maximum Gasteiger partial charge on any atom is 0.149 e. The number of morpholine rings is 1. The Balaban J connectivity index is 1.64. The Morgan fingerprint density at radius 2 is 1.90 bits per heavy atom. The highest BCUT2D eigenvalue weighted by Crippen LogP contribution is 2.44. The lowest BCUT2D eigenvalue weighted by atomic mass is 10.1. The van der Waals surface area contributed by atoms with Gasteiger partial charge in [-0.2, -0.15) is 0 Å². The molecule has 4 aromatic rings. The molecule has 0 spiro atoms. The molecule has 0 bridgehead atoms. The van der Waals surface area contributed by atoms with Crippen LogP contribution in [0.4, 0.5) is 10.1 Å². The monoisotopic (exact) mass is 466 g/mol. The average Bonchev–Trinajstić information content (AvgIpc) is 3.55. The molecule has 7 heteroatoms. The van der Waals surface area contributed by atoms with Gasteiger partial charge < -0.3 is 9.64 Å². The molecule has 30 heavy (non-hydrogen) atoms. The van der Waals surface area contributed by atoms with Gasteiger partial charge in [-0.3, -0.25) is 9.55 Å². The molecule has 0 amide bonds. The zero-order valence-corrected chi connectivity index (χ0v) is 17.9. The minimum Gasteiger partial charge on any atom is -0.378 e. The number of pyridine rings is 1. The molecule has 2 aromatic heterocycles. The Morgan fingerprint density at radius 1 is 1.07 bits per heavy atom. The zero-order chi connectivity index (χ0) is 20.2. The highest BCUT2D eigenvalue weighted by Gasteiger charge is 2.31. The van der Waals surface area contributed by atoms with Crippen LogP contribution >= 0.6 is 15.9 Å². The number of ether oxygens (including phenoxy) is 1. The molecule has 0 N–H and O–H groups in total. The minimum atomic E-state index is -0.304. The fraction of sp³-hybridized carbons (Fsp3) is 0.304. The molecule has 0 radical (unpaired) electrons. The van der Waals surface area contributed by atoms with E-state index in [0.29, 0.717) is 11.4 Å². The van der Waals surface area contributed by atoms with Crippen LogP contribution in [0.5, 0.6) is 0 Å². The summed E-state index contributed by atoms with van der Waals surface area (Å²) < 4.78 is 23.2. The first kappa shape index (κ1) is 18.3. The molecule has 5 nitrogen and oxygen atoms in total. The summed E-state index contributed by atoms with van der Waals surface area (Å²) in [5.74, 6) is 1.18. The van der Waals surface area contributed by atoms with Crippen molar-refractivity contribution in [1.82, 2.24) is 14.5 Å². The van der Waals surface area contributed by atoms with Gasteiger partial charge in [-0.25, -0.2) is 9.37 Å². The van der Waals surface area contributed by atoms with E-state index in [1.54, 1.807) is 12.3 Å². The van der Waals surface area contributed by atoms with Crippen LogP contribution in [-0.2, 0) is 4.74 Å². The van der Waals surface area contributed by atoms with E-state index in [1.807, 2.05) is 12.1 Å². The largest absolute Gasteiger partial charge is 0.378 e. The molecular weight excluding hydrogens is 447 g/mol. The van der Waals surface area contributed by atoms with Gasteiger partial charge in [0.1, 0.15) is 22.7 Å². The molecule has 3 heterocycles. The lowest BCUT2D eigenvalue weighted by molar-refractivity contribution is 0.122. The molecule has 2 aromatic carbocycles. The predicted octanol–water partition coefficient (Wildman–Crippen LogP) is 5.19. The SMILES string of the molecule is Fc1cccc2c(-n3c(C4CC4)nc4c(Br)cc(N5CCOCC5)cc43)ccnc12. The number of hydrogen-bond donors (Lipinski definition) is 0. The first-order valence-corrected chi connectivity index (χ1v) is 11.1. The van der Waals surface area contributed by atoms with Gasteiger partial charge in [0.25, 0.3) is 0 Å². The molecule has 6 rings (SSSR count). The fourth-order valence-electron chi connectivity index (χ4n) is 4.33. The van der Waals surface area contributed by atoms with Crippen LogP contribution in [0, 0.1) is 5.82 Å². The van der Waals surface area contributed by atoms with Crippen LogP contribution in [-0.4, -0.2) is 40.8 Å². The lowest BCUT2D eigenvalue weighted by Gasteiger charge is -2.29. The highest BCUT2D eigenvalue weighted by atomic mass is 79.9. The Morgan fingerprint density at radius 3 is 2.70 bits per heavy atom. The number of fused-ring (bicyclic) bond motifs is 2. The zero-order valence-electron chi connectivity index (χ0n) is 16.3. The number of rotatable bonds is 3. The van der Waals surface area contributed by atoms with Crippen molar-refractivity contribution in [3.8, 4) is 5.69 Å². The van der Waals surface area contributed by atoms with Crippen LogP contribution in [0.1, 0.15) is 24.6 Å². The van der Waals surface area contributed by atoms with Crippen LogP contribution < -0.4 is 4.90 Å². The van der Waals surface area contributed by atoms with Gasteiger partial charge >= 0.3 is 0 Å². The molecule has 0 atom stereocenters. The highest BCUT2D eigenvalue weighted by molar-refractivity contribution is 9.10. The molecule has 0 unspecified atom stereocenters. The number of hydrogen-bond acceptors (Lipinski definition) is 4. The summed E-state index contributed by atoms with van der Waals surface area (Å²) >= 11 is 3.76. The smallest absolute Gasteiger partial charge is 0.149 e. The number of para-hydroxylation sites is 1. The van der Waals surface area contributed by atoms with Gasteiger partial charge in [-0.1, -0.05) is 12.1 Å². The number of halogens is 2. The van der Waals surface area contributed by atoms with E-state index in [0.717, 1.165) is 77.2 Å². The number of benzene rings is 2. The van der Waals surface area contributed by atoms with Crippen LogP contribution in [0.25, 0.3) is 27.6 Å². The van der Waals surface area contributed by atoms with Crippen molar-refractivity contribution in [3.63, 3.8) is 0 Å². The topological polar surface area (TPSA) is 43.2 Å². The van der Waals surface area contributed by atoms with Gasteiger partial charge in [0.05, 0.1) is 24.4 Å². The average molecular weight is 467 g/mol. The Labute approximate surface area is 181 Å². The summed E-state index contributed by atoms with van der Waals surface area (Å²) in [5.41, 5.74) is 4.43. The molecule has 1 aliphatic heterocycles. The number of imidazole rings is 1. The van der Waals surface area contributed by atoms with E-state index >= 15 is 0 Å². The molecule has 152 valence electrons. The molecule has 1 saturated heterocycles. The third kappa shape index (κ3) is 2.91. The summed E-state index contributed by atoms with van der Waals surface area (Å²) in [5, 5.41) is 0.798. The van der Waals surface area contributed by atoms with Crippen molar-refractivity contribution in [2.24, 2.45) is 0 Å². The Kier molecular flexibility index (Phi) is 4.28. The van der Waals surface area contributed by atoms with E-state index in [1.165, 1.54) is 6.07 Å². The number of nitrogens with zero attached hydrogens (tertiary/aromatic N) is 4. The first-order chi connectivity index (χ1) is 14.7. The molecular formula is C23H20BrFN4O. The third-order valence-corrected chi connectivity index (χ3v) is 6.59. The van der Waals surface area contributed by atoms with Gasteiger partial charge in [0, 0.05) is 40.8 Å². The van der Waals surface area contributed by atoms with Crippen LogP contribution in [0.3, 0.4) is 0 Å². The predicted molar refractivity (Wildman–Crippen MR) is 119 cm³/mol. The van der Waals surface area contributed by atoms with Crippen molar-refractivity contribution >= 4 is 43.6 Å². The van der Waals surface area contributed by atoms with Crippen molar-refractivity contribution < 1.29 is 9.13 Å². The van der Waals surface area contributed by atoms with Gasteiger partial charge in [-0.05, 0) is 53.0 Å². The summed E-state index contributed by atoms with van der Waals surface area (Å²) in [7, 11) is 0. The summed E-state index contributed by atoms with van der Waals surface area (Å²) in [6.07, 6.45) is 3.95. The summed E-state index contributed by atoms with van der Waals surface area (Å²) in [6.45, 7) is 3.20. The minimum absolute atomic E-state index is 0.304. The fourth-order valence-corrected chi connectivity index (χ4v) is 4.86. The van der Waals surface area contributed by atoms with Gasteiger partial charge in [0.2, 0.25) is 0 Å². The van der Waals surface area contributed by atoms with Gasteiger partial charge in [-0.15, -0.1) is 0 Å². The van der Waals surface area contributed by atoms with Crippen molar-refractivity contribution in [1.29, 1.82) is 0 Å². The molecule has 1 aliphatic carbocycles. The third-order valence-electron chi connectivity index (χ3n) is 5.98. The lowest BCUT2D eigenvalue weighted by Crippen LogP contribution is -2.36. The van der Waals surface area contributed by atoms with Gasteiger partial charge in [0.15, 0.2) is 0 Å². The van der Waals surface area contributed by atoms with E-state index < -0.39 is 0 Å². The summed E-state index contributed by atoms with van der Waals surface area (Å²) in [6, 6.07) is 11.4. The number of aromatic nitrogens is 3. The quantitative estimate of drug-likeness (QED) is 0.416. The molecule has 2 fully saturated rings. The van der Waals surface area contributed by atoms with Crippen molar-refractivity contribution in [2.75, 3.05) is 31.2 Å². The summed E-state index contributed by atoms with van der Waals surface area (Å²) in [4.78, 5) is 11.7. The van der Waals surface area contributed by atoms with Crippen LogP contribution in [0.15, 0.2) is 47.1 Å². The van der Waals surface area contributed by atoms with E-state index in [9.17, 15) is 4.39 Å². The van der Waals surface area contributed by atoms with Crippen LogP contribution in [0.2, 0.25) is 0 Å². The Hall–Kier alpha value is -2.51. The molecule has 2 aliphatic rings. The van der Waals surface area contributed by atoms with Crippen molar-refractivity contribution in [2.45, 2.75) is 18.8 Å². The standard InChI is InChI=1S/C23H20BrFN4O/c24-17-12-15(28-8-10-30-11-9-28)13-20-22(17)27-23(14-4-5-14)29(20)19-6-7-26-21-16(19)2-1-3-18(21)25/h1-3,6-7,12-14H,4-5,8-11H2. The maximum absolute atomic E-state index is 14.5. The first-order valence-electron chi connectivity index (χ1n) is 10.3. The normalized spacial score (nSPS) is 17.2. The second-order valence-electron chi connectivity index (χ2n) is 7.94. The van der Waals surface area contributed by atoms with E-state index in [2.05, 4.69) is 42.5 Å². The van der Waals surface area contributed by atoms with E-state index in [4.69, 9.17) is 9.72 Å². The maximum atomic E-state index is 14.5. The Bertz CT molecular complexity index is 1280. The van der Waals surface area contributed by atoms with E-state index in [-0.39, 0.29) is 5.82 Å².